The van der Waals surface area contributed by atoms with Gasteiger partial charge in [0.2, 0.25) is 10.0 Å². The first-order chi connectivity index (χ1) is 10.2. The zero-order valence-corrected chi connectivity index (χ0v) is 13.8. The van der Waals surface area contributed by atoms with Crippen molar-refractivity contribution in [1.82, 2.24) is 4.72 Å². The molecular formula is C13H8Cl3F2NO2S. The second-order valence-corrected chi connectivity index (χ2v) is 7.21. The van der Waals surface area contributed by atoms with Crippen LogP contribution in [0.3, 0.4) is 0 Å². The lowest BCUT2D eigenvalue weighted by Crippen LogP contribution is -2.24. The zero-order valence-electron chi connectivity index (χ0n) is 10.7. The molecule has 0 amide bonds. The van der Waals surface area contributed by atoms with Crippen molar-refractivity contribution in [3.8, 4) is 0 Å². The topological polar surface area (TPSA) is 46.2 Å². The lowest BCUT2D eigenvalue weighted by molar-refractivity contribution is 0.544. The summed E-state index contributed by atoms with van der Waals surface area (Å²) in [7, 11) is -4.07. The minimum absolute atomic E-state index is 0.105. The Bertz CT molecular complexity index is 828. The maximum Gasteiger partial charge on any atom is 0.242 e. The Balaban J connectivity index is 2.29. The van der Waals surface area contributed by atoms with Crippen molar-refractivity contribution < 1.29 is 17.2 Å². The highest BCUT2D eigenvalue weighted by molar-refractivity contribution is 7.89. The summed E-state index contributed by atoms with van der Waals surface area (Å²) in [6, 6.07) is 5.77. The molecule has 0 radical (unpaired) electrons. The molecule has 2 rings (SSSR count). The SMILES string of the molecule is O=S(=O)(NCc1c(F)ccc(Cl)c1F)c1ccc(Cl)cc1Cl. The summed E-state index contributed by atoms with van der Waals surface area (Å²) in [6.45, 7) is -0.612. The first-order valence-electron chi connectivity index (χ1n) is 5.79. The molecule has 22 heavy (non-hydrogen) atoms. The van der Waals surface area contributed by atoms with Crippen LogP contribution >= 0.6 is 34.8 Å². The Morgan fingerprint density at radius 1 is 1.00 bits per heavy atom. The molecule has 0 spiro atoms. The molecule has 0 aromatic heterocycles. The molecule has 0 unspecified atom stereocenters. The standard InChI is InChI=1S/C13H8Cl3F2NO2S/c14-7-1-4-12(10(16)5-7)22(20,21)19-6-8-11(17)3-2-9(15)13(8)18/h1-5,19H,6H2. The molecule has 0 aliphatic rings. The largest absolute Gasteiger partial charge is 0.242 e. The Kier molecular flexibility index (Phi) is 5.29. The van der Waals surface area contributed by atoms with Gasteiger partial charge >= 0.3 is 0 Å². The molecule has 2 aromatic rings. The Morgan fingerprint density at radius 2 is 1.68 bits per heavy atom. The lowest BCUT2D eigenvalue weighted by Gasteiger charge is -2.10. The first kappa shape index (κ1) is 17.4. The monoisotopic (exact) mass is 385 g/mol. The van der Waals surface area contributed by atoms with Gasteiger partial charge in [-0.25, -0.2) is 21.9 Å². The van der Waals surface area contributed by atoms with E-state index in [2.05, 4.69) is 4.72 Å². The average molecular weight is 387 g/mol. The Labute approximate surface area is 140 Å². The number of rotatable bonds is 4. The fourth-order valence-corrected chi connectivity index (χ4v) is 3.61. The van der Waals surface area contributed by atoms with Gasteiger partial charge < -0.3 is 0 Å². The van der Waals surface area contributed by atoms with Crippen LogP contribution in [0.1, 0.15) is 5.56 Å². The molecule has 0 aliphatic heterocycles. The first-order valence-corrected chi connectivity index (χ1v) is 8.41. The van der Waals surface area contributed by atoms with Crippen LogP contribution in [0.25, 0.3) is 0 Å². The molecular weight excluding hydrogens is 379 g/mol. The van der Waals surface area contributed by atoms with Gasteiger partial charge in [0.25, 0.3) is 0 Å². The fourth-order valence-electron chi connectivity index (χ4n) is 1.67. The molecule has 3 nitrogen and oxygen atoms in total. The summed E-state index contributed by atoms with van der Waals surface area (Å²) >= 11 is 17.0. The van der Waals surface area contributed by atoms with Crippen molar-refractivity contribution in [3.63, 3.8) is 0 Å². The third-order valence-corrected chi connectivity index (χ3v) is 5.17. The van der Waals surface area contributed by atoms with Crippen molar-refractivity contribution >= 4 is 44.8 Å². The van der Waals surface area contributed by atoms with Gasteiger partial charge in [-0.2, -0.15) is 0 Å². The van der Waals surface area contributed by atoms with E-state index < -0.39 is 33.8 Å². The molecule has 1 N–H and O–H groups in total. The van der Waals surface area contributed by atoms with Crippen LogP contribution in [0.2, 0.25) is 15.1 Å². The van der Waals surface area contributed by atoms with Crippen molar-refractivity contribution in [2.75, 3.05) is 0 Å². The number of nitrogens with one attached hydrogen (secondary N) is 1. The van der Waals surface area contributed by atoms with Crippen molar-refractivity contribution in [2.24, 2.45) is 0 Å². The molecule has 0 bridgehead atoms. The van der Waals surface area contributed by atoms with Gasteiger partial charge in [-0.3, -0.25) is 0 Å². The van der Waals surface area contributed by atoms with Crippen LogP contribution in [0.4, 0.5) is 8.78 Å². The lowest BCUT2D eigenvalue weighted by atomic mass is 10.2. The smallest absolute Gasteiger partial charge is 0.207 e. The summed E-state index contributed by atoms with van der Waals surface area (Å²) in [5.41, 5.74) is -0.485. The van der Waals surface area contributed by atoms with Crippen molar-refractivity contribution in [2.45, 2.75) is 11.4 Å². The van der Waals surface area contributed by atoms with Crippen LogP contribution in [0.5, 0.6) is 0 Å². The van der Waals surface area contributed by atoms with Gasteiger partial charge in [-0.1, -0.05) is 34.8 Å². The van der Waals surface area contributed by atoms with E-state index in [1.807, 2.05) is 0 Å². The molecule has 0 fully saturated rings. The number of hydrogen-bond donors (Lipinski definition) is 1. The van der Waals surface area contributed by atoms with E-state index in [4.69, 9.17) is 34.8 Å². The highest BCUT2D eigenvalue weighted by Gasteiger charge is 2.20. The van der Waals surface area contributed by atoms with Gasteiger partial charge in [-0.05, 0) is 30.3 Å². The van der Waals surface area contributed by atoms with Crippen LogP contribution in [-0.2, 0) is 16.6 Å². The van der Waals surface area contributed by atoms with E-state index in [-0.39, 0.29) is 20.0 Å². The minimum Gasteiger partial charge on any atom is -0.207 e. The van der Waals surface area contributed by atoms with Crippen molar-refractivity contribution in [3.05, 3.63) is 62.6 Å². The molecule has 0 aliphatic carbocycles. The van der Waals surface area contributed by atoms with E-state index in [1.165, 1.54) is 18.2 Å². The van der Waals surface area contributed by atoms with E-state index >= 15 is 0 Å². The van der Waals surface area contributed by atoms with Crippen LogP contribution in [-0.4, -0.2) is 8.42 Å². The second kappa shape index (κ2) is 6.68. The van der Waals surface area contributed by atoms with Gasteiger partial charge in [0.05, 0.1) is 10.0 Å². The van der Waals surface area contributed by atoms with E-state index in [1.54, 1.807) is 0 Å². The van der Waals surface area contributed by atoms with Crippen LogP contribution in [0, 0.1) is 11.6 Å². The summed E-state index contributed by atoms with van der Waals surface area (Å²) in [5.74, 6) is -1.93. The van der Waals surface area contributed by atoms with Crippen LogP contribution < -0.4 is 4.72 Å². The zero-order chi connectivity index (χ0) is 16.5. The van der Waals surface area contributed by atoms with Gasteiger partial charge in [0.15, 0.2) is 0 Å². The molecule has 118 valence electrons. The highest BCUT2D eigenvalue weighted by Crippen LogP contribution is 2.26. The third-order valence-electron chi connectivity index (χ3n) is 2.76. The predicted molar refractivity (Wildman–Crippen MR) is 81.9 cm³/mol. The quantitative estimate of drug-likeness (QED) is 0.792. The minimum atomic E-state index is -4.07. The average Bonchev–Trinajstić information content (AvgIpc) is 2.42. The molecule has 0 heterocycles. The molecule has 9 heteroatoms. The van der Waals surface area contributed by atoms with Gasteiger partial charge in [-0.15, -0.1) is 0 Å². The maximum atomic E-state index is 13.7. The maximum absolute atomic E-state index is 13.7. The molecule has 0 saturated carbocycles. The van der Waals surface area contributed by atoms with Crippen LogP contribution in [0.15, 0.2) is 35.2 Å². The molecule has 2 aromatic carbocycles. The second-order valence-electron chi connectivity index (χ2n) is 4.22. The fraction of sp³-hybridized carbons (Fsp3) is 0.0769. The van der Waals surface area contributed by atoms with E-state index in [0.29, 0.717) is 0 Å². The van der Waals surface area contributed by atoms with Gasteiger partial charge in [0.1, 0.15) is 16.5 Å². The summed E-state index contributed by atoms with van der Waals surface area (Å²) in [5, 5.41) is -0.150. The number of halogens is 5. The Hall–Kier alpha value is -0.920. The highest BCUT2D eigenvalue weighted by atomic mass is 35.5. The summed E-state index contributed by atoms with van der Waals surface area (Å²) in [6.07, 6.45) is 0. The third kappa shape index (κ3) is 3.70. The Morgan fingerprint density at radius 3 is 2.32 bits per heavy atom. The molecule has 0 saturated heterocycles. The normalized spacial score (nSPS) is 11.7. The van der Waals surface area contributed by atoms with E-state index in [9.17, 15) is 17.2 Å². The van der Waals surface area contributed by atoms with Crippen molar-refractivity contribution in [1.29, 1.82) is 0 Å². The summed E-state index contributed by atoms with van der Waals surface area (Å²) < 4.78 is 53.6. The summed E-state index contributed by atoms with van der Waals surface area (Å²) in [4.78, 5) is -0.249. The number of hydrogen-bond acceptors (Lipinski definition) is 2. The predicted octanol–water partition coefficient (Wildman–Crippen LogP) is 4.40. The number of benzene rings is 2. The molecule has 0 atom stereocenters. The number of sulfonamides is 1. The van der Waals surface area contributed by atoms with E-state index in [0.717, 1.165) is 12.1 Å². The van der Waals surface area contributed by atoms with Gasteiger partial charge in [0, 0.05) is 17.1 Å².